The summed E-state index contributed by atoms with van der Waals surface area (Å²) in [5.41, 5.74) is 0.341. The fourth-order valence-corrected chi connectivity index (χ4v) is 3.16. The van der Waals surface area contributed by atoms with Crippen LogP contribution in [-0.4, -0.2) is 56.3 Å². The molecule has 0 spiro atoms. The summed E-state index contributed by atoms with van der Waals surface area (Å²) in [5.74, 6) is 0. The Morgan fingerprint density at radius 2 is 1.96 bits per heavy atom. The van der Waals surface area contributed by atoms with Gasteiger partial charge in [-0.05, 0) is 32.5 Å². The van der Waals surface area contributed by atoms with Gasteiger partial charge in [0, 0.05) is 33.7 Å². The van der Waals surface area contributed by atoms with Gasteiger partial charge in [-0.15, -0.1) is 0 Å². The average molecular weight is 320 g/mol. The first-order valence-electron chi connectivity index (χ1n) is 8.13. The number of nitrogens with one attached hydrogen (secondary N) is 1. The fraction of sp³-hybridized carbons (Fsp3) is 0.667. The first kappa shape index (κ1) is 15.9. The molecule has 23 heavy (non-hydrogen) atoms. The maximum absolute atomic E-state index is 12.4. The molecule has 1 aliphatic heterocycles. The Labute approximate surface area is 134 Å². The van der Waals surface area contributed by atoms with E-state index in [9.17, 15) is 9.59 Å². The van der Waals surface area contributed by atoms with Crippen molar-refractivity contribution in [2.24, 2.45) is 14.1 Å². The van der Waals surface area contributed by atoms with Gasteiger partial charge in [0.05, 0.1) is 6.33 Å². The van der Waals surface area contributed by atoms with E-state index in [1.165, 1.54) is 18.0 Å². The molecule has 126 valence electrons. The Kier molecular flexibility index (Phi) is 4.63. The number of imidazole rings is 1. The summed E-state index contributed by atoms with van der Waals surface area (Å²) >= 11 is 0. The summed E-state index contributed by atoms with van der Waals surface area (Å²) in [6, 6.07) is 0. The fourth-order valence-electron chi connectivity index (χ4n) is 3.16. The van der Waals surface area contributed by atoms with Crippen molar-refractivity contribution in [1.29, 1.82) is 0 Å². The minimum absolute atomic E-state index is 0.278. The van der Waals surface area contributed by atoms with Crippen LogP contribution in [0.25, 0.3) is 11.2 Å². The summed E-state index contributed by atoms with van der Waals surface area (Å²) in [4.78, 5) is 31.0. The molecule has 0 saturated carbocycles. The van der Waals surface area contributed by atoms with Crippen molar-refractivity contribution in [2.45, 2.75) is 19.4 Å². The third-order valence-corrected chi connectivity index (χ3v) is 4.52. The van der Waals surface area contributed by atoms with Crippen LogP contribution in [0.4, 0.5) is 0 Å². The minimum atomic E-state index is -0.343. The Morgan fingerprint density at radius 3 is 2.78 bits per heavy atom. The third-order valence-electron chi connectivity index (χ3n) is 4.52. The molecule has 3 heterocycles. The van der Waals surface area contributed by atoms with Gasteiger partial charge in [0.25, 0.3) is 5.56 Å². The van der Waals surface area contributed by atoms with Gasteiger partial charge in [-0.2, -0.15) is 0 Å². The zero-order valence-corrected chi connectivity index (χ0v) is 13.8. The highest BCUT2D eigenvalue weighted by Crippen LogP contribution is 2.07. The van der Waals surface area contributed by atoms with E-state index in [1.54, 1.807) is 13.4 Å². The van der Waals surface area contributed by atoms with Crippen molar-refractivity contribution >= 4 is 11.2 Å². The third kappa shape index (κ3) is 3.09. The molecule has 0 radical (unpaired) electrons. The predicted octanol–water partition coefficient (Wildman–Crippen LogP) is -0.881. The Bertz CT molecular complexity index is 795. The van der Waals surface area contributed by atoms with Crippen LogP contribution in [0.5, 0.6) is 0 Å². The Hall–Kier alpha value is -1.93. The molecule has 0 unspecified atom stereocenters. The molecule has 1 aliphatic rings. The van der Waals surface area contributed by atoms with Crippen LogP contribution >= 0.6 is 0 Å². The summed E-state index contributed by atoms with van der Waals surface area (Å²) < 4.78 is 4.43. The molecule has 0 bridgehead atoms. The van der Waals surface area contributed by atoms with Crippen LogP contribution in [0.15, 0.2) is 15.9 Å². The molecule has 2 aromatic heterocycles. The number of hydrogen-bond acceptors (Lipinski definition) is 5. The van der Waals surface area contributed by atoms with Crippen molar-refractivity contribution in [3.05, 3.63) is 27.2 Å². The van der Waals surface area contributed by atoms with Crippen molar-refractivity contribution < 1.29 is 0 Å². The molecule has 3 rings (SSSR count). The van der Waals surface area contributed by atoms with Crippen molar-refractivity contribution in [1.82, 2.24) is 28.9 Å². The van der Waals surface area contributed by atoms with Gasteiger partial charge in [-0.25, -0.2) is 9.78 Å². The molecule has 0 amide bonds. The lowest BCUT2D eigenvalue weighted by Crippen LogP contribution is -2.37. The van der Waals surface area contributed by atoms with E-state index in [0.29, 0.717) is 11.2 Å². The van der Waals surface area contributed by atoms with Crippen LogP contribution in [0.2, 0.25) is 0 Å². The molecule has 1 saturated heterocycles. The Balaban J connectivity index is 1.76. The predicted molar refractivity (Wildman–Crippen MR) is 88.8 cm³/mol. The smallest absolute Gasteiger partial charge is 0.325 e. The van der Waals surface area contributed by atoms with Crippen molar-refractivity contribution in [3.8, 4) is 0 Å². The van der Waals surface area contributed by atoms with Gasteiger partial charge in [0.2, 0.25) is 0 Å². The molecular formula is C15H24N6O2. The minimum Gasteiger partial charge on any atom is -0.325 e. The van der Waals surface area contributed by atoms with Gasteiger partial charge in [-0.1, -0.05) is 0 Å². The highest BCUT2D eigenvalue weighted by Gasteiger charge is 2.14. The van der Waals surface area contributed by atoms with E-state index in [4.69, 9.17) is 0 Å². The number of rotatable bonds is 4. The molecule has 1 N–H and O–H groups in total. The molecule has 0 aromatic carbocycles. The summed E-state index contributed by atoms with van der Waals surface area (Å²) in [6.07, 6.45) is 3.80. The summed E-state index contributed by atoms with van der Waals surface area (Å²) in [7, 11) is 3.15. The maximum Gasteiger partial charge on any atom is 0.332 e. The van der Waals surface area contributed by atoms with Gasteiger partial charge >= 0.3 is 5.69 Å². The standard InChI is InChI=1S/C15H24N6O2/c1-18-13-12(14(22)19(2)15(18)23)21(11-17-13)9-4-8-20-7-3-5-16-6-10-20/h11,16H,3-10H2,1-2H3. The van der Waals surface area contributed by atoms with E-state index in [2.05, 4.69) is 15.2 Å². The normalized spacial score (nSPS) is 16.8. The SMILES string of the molecule is Cn1c(=O)c2c(ncn2CCCN2CCCNCC2)n(C)c1=O. The van der Waals surface area contributed by atoms with Crippen molar-refractivity contribution in [2.75, 3.05) is 32.7 Å². The molecule has 8 nitrogen and oxygen atoms in total. The van der Waals surface area contributed by atoms with Gasteiger partial charge in [0.1, 0.15) is 0 Å². The van der Waals surface area contributed by atoms with Crippen molar-refractivity contribution in [3.63, 3.8) is 0 Å². The van der Waals surface area contributed by atoms with E-state index in [-0.39, 0.29) is 11.2 Å². The van der Waals surface area contributed by atoms with Crippen LogP contribution in [0.3, 0.4) is 0 Å². The lowest BCUT2D eigenvalue weighted by molar-refractivity contribution is 0.283. The molecule has 2 aromatic rings. The molecular weight excluding hydrogens is 296 g/mol. The second-order valence-electron chi connectivity index (χ2n) is 6.11. The molecule has 0 atom stereocenters. The van der Waals surface area contributed by atoms with Crippen LogP contribution in [0, 0.1) is 0 Å². The van der Waals surface area contributed by atoms with Gasteiger partial charge < -0.3 is 14.8 Å². The molecule has 0 aliphatic carbocycles. The lowest BCUT2D eigenvalue weighted by atomic mass is 10.3. The maximum atomic E-state index is 12.4. The number of hydrogen-bond donors (Lipinski definition) is 1. The number of aryl methyl sites for hydroxylation is 2. The van der Waals surface area contributed by atoms with E-state index in [0.717, 1.165) is 50.3 Å². The lowest BCUT2D eigenvalue weighted by Gasteiger charge is -2.19. The topological polar surface area (TPSA) is 77.1 Å². The van der Waals surface area contributed by atoms with Crippen LogP contribution in [-0.2, 0) is 20.6 Å². The Morgan fingerprint density at radius 1 is 1.13 bits per heavy atom. The average Bonchev–Trinajstić information content (AvgIpc) is 2.79. The molecule has 8 heteroatoms. The first-order chi connectivity index (χ1) is 11.1. The van der Waals surface area contributed by atoms with Crippen LogP contribution < -0.4 is 16.6 Å². The zero-order valence-electron chi connectivity index (χ0n) is 13.8. The largest absolute Gasteiger partial charge is 0.332 e. The van der Waals surface area contributed by atoms with Gasteiger partial charge in [0.15, 0.2) is 11.2 Å². The second-order valence-corrected chi connectivity index (χ2v) is 6.11. The second kappa shape index (κ2) is 6.67. The summed E-state index contributed by atoms with van der Waals surface area (Å²) in [5, 5.41) is 3.40. The highest BCUT2D eigenvalue weighted by atomic mass is 16.2. The number of aromatic nitrogens is 4. The van der Waals surface area contributed by atoms with Gasteiger partial charge in [-0.3, -0.25) is 13.9 Å². The van der Waals surface area contributed by atoms with E-state index in [1.807, 2.05) is 4.57 Å². The van der Waals surface area contributed by atoms with E-state index >= 15 is 0 Å². The quantitative estimate of drug-likeness (QED) is 0.792. The number of fused-ring (bicyclic) bond motifs is 1. The summed E-state index contributed by atoms with van der Waals surface area (Å²) in [6.45, 7) is 6.06. The van der Waals surface area contributed by atoms with Crippen LogP contribution in [0.1, 0.15) is 12.8 Å². The highest BCUT2D eigenvalue weighted by molar-refractivity contribution is 5.69. The molecule has 1 fully saturated rings. The number of nitrogens with zero attached hydrogens (tertiary/aromatic N) is 5. The first-order valence-corrected chi connectivity index (χ1v) is 8.13. The monoisotopic (exact) mass is 320 g/mol. The van der Waals surface area contributed by atoms with E-state index < -0.39 is 0 Å². The zero-order chi connectivity index (χ0) is 16.4.